The average Bonchev–Trinajstić information content (AvgIpc) is 3.24. The number of rotatable bonds is 4. The van der Waals surface area contributed by atoms with Crippen LogP contribution in [0, 0.1) is 5.82 Å². The summed E-state index contributed by atoms with van der Waals surface area (Å²) in [5.41, 5.74) is 2.36. The van der Waals surface area contributed by atoms with Crippen molar-refractivity contribution in [3.8, 4) is 0 Å². The number of anilines is 2. The Bertz CT molecular complexity index is 905. The van der Waals surface area contributed by atoms with Gasteiger partial charge in [-0.1, -0.05) is 23.7 Å². The van der Waals surface area contributed by atoms with Crippen molar-refractivity contribution in [2.75, 3.05) is 16.8 Å². The molecule has 0 aromatic heterocycles. The zero-order chi connectivity index (χ0) is 19.0. The highest BCUT2D eigenvalue weighted by Crippen LogP contribution is 2.29. The van der Waals surface area contributed by atoms with Gasteiger partial charge in [-0.3, -0.25) is 9.59 Å². The normalized spacial score (nSPS) is 22.2. The van der Waals surface area contributed by atoms with Crippen LogP contribution in [0.1, 0.15) is 30.9 Å². The van der Waals surface area contributed by atoms with Gasteiger partial charge in [0.05, 0.1) is 11.1 Å². The van der Waals surface area contributed by atoms with E-state index in [1.807, 2.05) is 24.3 Å². The molecule has 2 saturated heterocycles. The van der Waals surface area contributed by atoms with Crippen molar-refractivity contribution < 1.29 is 14.0 Å². The van der Waals surface area contributed by atoms with Crippen LogP contribution in [0.5, 0.6) is 0 Å². The fourth-order valence-electron chi connectivity index (χ4n) is 3.63. The number of amides is 2. The van der Waals surface area contributed by atoms with Crippen molar-refractivity contribution in [3.05, 3.63) is 58.9 Å². The second kappa shape index (κ2) is 7.19. The van der Waals surface area contributed by atoms with E-state index in [1.165, 1.54) is 12.1 Å². The smallest absolute Gasteiger partial charge is 0.249 e. The highest BCUT2D eigenvalue weighted by atomic mass is 35.5. The quantitative estimate of drug-likeness (QED) is 0.841. The van der Waals surface area contributed by atoms with Gasteiger partial charge in [0, 0.05) is 24.3 Å². The monoisotopic (exact) mass is 387 g/mol. The van der Waals surface area contributed by atoms with Crippen LogP contribution in [0.25, 0.3) is 0 Å². The third-order valence-corrected chi connectivity index (χ3v) is 5.35. The van der Waals surface area contributed by atoms with Crippen LogP contribution in [0.4, 0.5) is 15.8 Å². The van der Waals surface area contributed by atoms with Gasteiger partial charge in [-0.05, 0) is 48.7 Å². The van der Waals surface area contributed by atoms with Crippen LogP contribution < -0.4 is 15.5 Å². The van der Waals surface area contributed by atoms with E-state index in [2.05, 4.69) is 10.6 Å². The first-order chi connectivity index (χ1) is 13.0. The molecule has 0 saturated carbocycles. The molecule has 27 heavy (non-hydrogen) atoms. The third-order valence-electron chi connectivity index (χ3n) is 5.05. The lowest BCUT2D eigenvalue weighted by Gasteiger charge is -2.19. The van der Waals surface area contributed by atoms with Gasteiger partial charge in [0.1, 0.15) is 11.9 Å². The lowest BCUT2D eigenvalue weighted by Crippen LogP contribution is -2.33. The van der Waals surface area contributed by atoms with E-state index in [4.69, 9.17) is 11.6 Å². The number of hydrogen-bond donors (Lipinski definition) is 2. The molecule has 7 heteroatoms. The van der Waals surface area contributed by atoms with Gasteiger partial charge in [0.2, 0.25) is 11.8 Å². The Hall–Kier alpha value is -2.60. The predicted octanol–water partition coefficient (Wildman–Crippen LogP) is 3.65. The number of carbonyl (C=O) groups is 2. The second-order valence-corrected chi connectivity index (χ2v) is 7.27. The van der Waals surface area contributed by atoms with Gasteiger partial charge in [-0.15, -0.1) is 0 Å². The number of nitrogens with one attached hydrogen (secondary N) is 2. The second-order valence-electron chi connectivity index (χ2n) is 6.86. The molecule has 2 aromatic carbocycles. The first-order valence-corrected chi connectivity index (χ1v) is 9.31. The van der Waals surface area contributed by atoms with E-state index >= 15 is 0 Å². The van der Waals surface area contributed by atoms with Crippen molar-refractivity contribution >= 4 is 34.8 Å². The maximum atomic E-state index is 13.7. The molecule has 5 nitrogen and oxygen atoms in total. The Morgan fingerprint density at radius 1 is 1.15 bits per heavy atom. The molecule has 0 aliphatic carbocycles. The summed E-state index contributed by atoms with van der Waals surface area (Å²) < 4.78 is 13.7. The van der Waals surface area contributed by atoms with Crippen molar-refractivity contribution in [2.45, 2.75) is 31.3 Å². The Morgan fingerprint density at radius 3 is 2.74 bits per heavy atom. The highest BCUT2D eigenvalue weighted by Gasteiger charge is 2.33. The molecule has 140 valence electrons. The van der Waals surface area contributed by atoms with Gasteiger partial charge in [0.15, 0.2) is 0 Å². The number of benzene rings is 2. The number of halogens is 2. The van der Waals surface area contributed by atoms with Gasteiger partial charge >= 0.3 is 0 Å². The fourth-order valence-corrected chi connectivity index (χ4v) is 3.75. The number of carbonyl (C=O) groups excluding carboxylic acids is 2. The maximum Gasteiger partial charge on any atom is 0.249 e. The first kappa shape index (κ1) is 17.8. The molecule has 2 N–H and O–H groups in total. The van der Waals surface area contributed by atoms with E-state index in [1.54, 1.807) is 11.0 Å². The maximum absolute atomic E-state index is 13.7. The zero-order valence-electron chi connectivity index (χ0n) is 14.5. The standard InChI is InChI=1S/C20H19ClFN3O2/c21-15-5-4-14(11-16(15)22)25-9-8-18(20(25)27)23-13-3-1-2-12(10-13)17-6-7-19(26)24-17/h1-5,10-11,17-18,23H,6-9H2,(H,24,26). The van der Waals surface area contributed by atoms with E-state index in [-0.39, 0.29) is 28.9 Å². The Morgan fingerprint density at radius 2 is 2.00 bits per heavy atom. The zero-order valence-corrected chi connectivity index (χ0v) is 15.3. The Labute approximate surface area is 161 Å². The lowest BCUT2D eigenvalue weighted by atomic mass is 10.0. The SMILES string of the molecule is O=C1CCC(c2cccc(NC3CCN(c4ccc(Cl)c(F)c4)C3=O)c2)N1. The molecule has 2 aliphatic heterocycles. The number of hydrogen-bond acceptors (Lipinski definition) is 3. The van der Waals surface area contributed by atoms with Crippen LogP contribution in [0.2, 0.25) is 5.02 Å². The third kappa shape index (κ3) is 3.62. The van der Waals surface area contributed by atoms with Crippen LogP contribution >= 0.6 is 11.6 Å². The molecule has 2 fully saturated rings. The van der Waals surface area contributed by atoms with E-state index in [0.29, 0.717) is 25.1 Å². The summed E-state index contributed by atoms with van der Waals surface area (Å²) in [5, 5.41) is 6.26. The average molecular weight is 388 g/mol. The highest BCUT2D eigenvalue weighted by molar-refractivity contribution is 6.30. The molecule has 2 aliphatic rings. The van der Waals surface area contributed by atoms with Crippen LogP contribution in [-0.4, -0.2) is 24.4 Å². The molecule has 0 radical (unpaired) electrons. The van der Waals surface area contributed by atoms with Gasteiger partial charge < -0.3 is 15.5 Å². The van der Waals surface area contributed by atoms with Gasteiger partial charge in [0.25, 0.3) is 0 Å². The summed E-state index contributed by atoms with van der Waals surface area (Å²) in [5.74, 6) is -0.573. The molecule has 2 amide bonds. The summed E-state index contributed by atoms with van der Waals surface area (Å²) >= 11 is 5.72. The fraction of sp³-hybridized carbons (Fsp3) is 0.300. The number of nitrogens with zero attached hydrogens (tertiary/aromatic N) is 1. The minimum atomic E-state index is -0.537. The van der Waals surface area contributed by atoms with E-state index < -0.39 is 5.82 Å². The van der Waals surface area contributed by atoms with E-state index in [0.717, 1.165) is 17.7 Å². The molecule has 2 heterocycles. The summed E-state index contributed by atoms with van der Waals surface area (Å²) in [7, 11) is 0. The summed E-state index contributed by atoms with van der Waals surface area (Å²) in [6, 6.07) is 11.8. The van der Waals surface area contributed by atoms with Crippen molar-refractivity contribution in [1.82, 2.24) is 5.32 Å². The van der Waals surface area contributed by atoms with Gasteiger partial charge in [-0.2, -0.15) is 0 Å². The summed E-state index contributed by atoms with van der Waals surface area (Å²) in [6.45, 7) is 0.510. The molecule has 2 atom stereocenters. The van der Waals surface area contributed by atoms with Crippen molar-refractivity contribution in [2.24, 2.45) is 0 Å². The molecular weight excluding hydrogens is 369 g/mol. The topological polar surface area (TPSA) is 61.4 Å². The van der Waals surface area contributed by atoms with Crippen LogP contribution in [0.15, 0.2) is 42.5 Å². The lowest BCUT2D eigenvalue weighted by molar-refractivity contribution is -0.119. The molecule has 4 rings (SSSR count). The first-order valence-electron chi connectivity index (χ1n) is 8.93. The molecule has 0 spiro atoms. The van der Waals surface area contributed by atoms with Crippen molar-refractivity contribution in [1.29, 1.82) is 0 Å². The minimum Gasteiger partial charge on any atom is -0.374 e. The molecular formula is C20H19ClFN3O2. The summed E-state index contributed by atoms with van der Waals surface area (Å²) in [6.07, 6.45) is 1.93. The van der Waals surface area contributed by atoms with Crippen LogP contribution in [0.3, 0.4) is 0 Å². The van der Waals surface area contributed by atoms with Crippen LogP contribution in [-0.2, 0) is 9.59 Å². The predicted molar refractivity (Wildman–Crippen MR) is 102 cm³/mol. The Balaban J connectivity index is 1.46. The molecule has 2 unspecified atom stereocenters. The largest absolute Gasteiger partial charge is 0.374 e. The van der Waals surface area contributed by atoms with Crippen molar-refractivity contribution in [3.63, 3.8) is 0 Å². The molecule has 2 aromatic rings. The summed E-state index contributed by atoms with van der Waals surface area (Å²) in [4.78, 5) is 25.7. The van der Waals surface area contributed by atoms with Gasteiger partial charge in [-0.25, -0.2) is 4.39 Å². The minimum absolute atomic E-state index is 0.0204. The Kier molecular flexibility index (Phi) is 4.74. The molecule has 0 bridgehead atoms. The van der Waals surface area contributed by atoms with E-state index in [9.17, 15) is 14.0 Å².